The molecule has 2 heterocycles. The van der Waals surface area contributed by atoms with Gasteiger partial charge < -0.3 is 5.32 Å². The van der Waals surface area contributed by atoms with E-state index in [1.165, 1.54) is 16.2 Å². The Balaban J connectivity index is 1.85. The number of halogens is 1. The highest BCUT2D eigenvalue weighted by atomic mass is 35.5. The molecule has 3 aromatic rings. The van der Waals surface area contributed by atoms with Gasteiger partial charge in [-0.05, 0) is 54.6 Å². The Labute approximate surface area is 172 Å². The summed E-state index contributed by atoms with van der Waals surface area (Å²) in [4.78, 5) is 28.6. The molecular weight excluding hydrogens is 392 g/mol. The molecule has 0 saturated carbocycles. The van der Waals surface area contributed by atoms with Crippen LogP contribution in [0.2, 0.25) is 5.02 Å². The molecule has 2 aromatic carbocycles. The predicted molar refractivity (Wildman–Crippen MR) is 115 cm³/mol. The van der Waals surface area contributed by atoms with Crippen molar-refractivity contribution in [3.8, 4) is 0 Å². The molecule has 0 saturated heterocycles. The van der Waals surface area contributed by atoms with E-state index >= 15 is 0 Å². The average molecular weight is 409 g/mol. The Hall–Kier alpha value is -2.89. The number of nitrogens with zero attached hydrogens (tertiary/aromatic N) is 1. The third-order valence-electron chi connectivity index (χ3n) is 4.74. The molecular formula is C22H17ClN2O2S. The number of benzene rings is 2. The lowest BCUT2D eigenvalue weighted by molar-refractivity contribution is -0.120. The van der Waals surface area contributed by atoms with Crippen molar-refractivity contribution in [1.82, 2.24) is 0 Å². The first-order valence-electron chi connectivity index (χ1n) is 8.73. The van der Waals surface area contributed by atoms with Gasteiger partial charge in [-0.2, -0.15) is 0 Å². The van der Waals surface area contributed by atoms with Gasteiger partial charge >= 0.3 is 0 Å². The van der Waals surface area contributed by atoms with Gasteiger partial charge in [-0.25, -0.2) is 4.90 Å². The molecule has 2 amide bonds. The topological polar surface area (TPSA) is 49.4 Å². The van der Waals surface area contributed by atoms with Gasteiger partial charge in [0.2, 0.25) is 0 Å². The SMILES string of the molecule is Cc1ccccc1N1C(=O)C(Nc2cccc(Cl)c2C)=C(c2cccs2)C1=O. The minimum atomic E-state index is -0.373. The molecule has 0 bridgehead atoms. The number of rotatable bonds is 4. The Kier molecular flexibility index (Phi) is 4.79. The lowest BCUT2D eigenvalue weighted by atomic mass is 10.1. The van der Waals surface area contributed by atoms with Crippen LogP contribution in [0.3, 0.4) is 0 Å². The van der Waals surface area contributed by atoms with Crippen molar-refractivity contribution < 1.29 is 9.59 Å². The maximum atomic E-state index is 13.3. The van der Waals surface area contributed by atoms with E-state index in [2.05, 4.69) is 5.32 Å². The smallest absolute Gasteiger partial charge is 0.282 e. The molecule has 4 nitrogen and oxygen atoms in total. The third-order valence-corrected chi connectivity index (χ3v) is 6.03. The van der Waals surface area contributed by atoms with Crippen LogP contribution in [0.25, 0.3) is 5.57 Å². The van der Waals surface area contributed by atoms with Crippen LogP contribution in [0.4, 0.5) is 11.4 Å². The number of thiophene rings is 1. The number of hydrogen-bond donors (Lipinski definition) is 1. The van der Waals surface area contributed by atoms with Crippen LogP contribution in [-0.2, 0) is 9.59 Å². The highest BCUT2D eigenvalue weighted by molar-refractivity contribution is 7.11. The van der Waals surface area contributed by atoms with Crippen molar-refractivity contribution in [3.63, 3.8) is 0 Å². The van der Waals surface area contributed by atoms with Crippen LogP contribution in [0, 0.1) is 13.8 Å². The molecule has 0 aliphatic carbocycles. The normalized spacial score (nSPS) is 14.2. The third kappa shape index (κ3) is 3.03. The number of amides is 2. The average Bonchev–Trinajstić information content (AvgIpc) is 3.27. The zero-order valence-electron chi connectivity index (χ0n) is 15.3. The molecule has 140 valence electrons. The highest BCUT2D eigenvalue weighted by Gasteiger charge is 2.41. The van der Waals surface area contributed by atoms with Crippen molar-refractivity contribution in [1.29, 1.82) is 0 Å². The molecule has 1 aliphatic heterocycles. The molecule has 0 radical (unpaired) electrons. The van der Waals surface area contributed by atoms with Gasteiger partial charge in [0.05, 0.1) is 11.3 Å². The maximum absolute atomic E-state index is 13.3. The zero-order chi connectivity index (χ0) is 19.8. The molecule has 1 N–H and O–H groups in total. The number of nitrogens with one attached hydrogen (secondary N) is 1. The van der Waals surface area contributed by atoms with Gasteiger partial charge in [0.25, 0.3) is 11.8 Å². The second-order valence-corrected chi connectivity index (χ2v) is 7.85. The Bertz CT molecular complexity index is 1120. The maximum Gasteiger partial charge on any atom is 0.282 e. The van der Waals surface area contributed by atoms with Crippen LogP contribution in [0.5, 0.6) is 0 Å². The van der Waals surface area contributed by atoms with Crippen LogP contribution >= 0.6 is 22.9 Å². The fraction of sp³-hybridized carbons (Fsp3) is 0.0909. The molecule has 6 heteroatoms. The van der Waals surface area contributed by atoms with Gasteiger partial charge in [-0.1, -0.05) is 41.9 Å². The highest BCUT2D eigenvalue weighted by Crippen LogP contribution is 2.37. The van der Waals surface area contributed by atoms with E-state index in [1.54, 1.807) is 12.1 Å². The lowest BCUT2D eigenvalue weighted by Gasteiger charge is -2.18. The van der Waals surface area contributed by atoms with Gasteiger partial charge in [-0.15, -0.1) is 11.3 Å². The predicted octanol–water partition coefficient (Wildman–Crippen LogP) is 5.41. The van der Waals surface area contributed by atoms with E-state index in [0.717, 1.165) is 16.0 Å². The largest absolute Gasteiger partial charge is 0.350 e. The summed E-state index contributed by atoms with van der Waals surface area (Å²) >= 11 is 7.65. The quantitative estimate of drug-likeness (QED) is 0.587. The summed E-state index contributed by atoms with van der Waals surface area (Å²) in [5, 5.41) is 5.66. The van der Waals surface area contributed by atoms with Crippen LogP contribution in [0.1, 0.15) is 16.0 Å². The molecule has 0 unspecified atom stereocenters. The summed E-state index contributed by atoms with van der Waals surface area (Å²) in [7, 11) is 0. The van der Waals surface area contributed by atoms with E-state index in [4.69, 9.17) is 11.6 Å². The number of aryl methyl sites for hydroxylation is 1. The van der Waals surface area contributed by atoms with Gasteiger partial charge in [-0.3, -0.25) is 9.59 Å². The van der Waals surface area contributed by atoms with E-state index < -0.39 is 0 Å². The first-order valence-corrected chi connectivity index (χ1v) is 9.99. The summed E-state index contributed by atoms with van der Waals surface area (Å²) in [6.07, 6.45) is 0. The van der Waals surface area contributed by atoms with Crippen molar-refractivity contribution in [3.05, 3.63) is 86.7 Å². The molecule has 4 rings (SSSR count). The van der Waals surface area contributed by atoms with Gasteiger partial charge in [0.1, 0.15) is 5.70 Å². The van der Waals surface area contributed by atoms with E-state index in [1.807, 2.05) is 61.7 Å². The standard InChI is InChI=1S/C22H17ClN2O2S/c1-13-7-3-4-10-17(13)25-21(26)19(18-11-6-12-28-18)20(22(25)27)24-16-9-5-8-15(23)14(16)2/h3-12,24H,1-2H3. The molecule has 1 aliphatic rings. The lowest BCUT2D eigenvalue weighted by Crippen LogP contribution is -2.33. The second-order valence-electron chi connectivity index (χ2n) is 6.50. The van der Waals surface area contributed by atoms with Crippen molar-refractivity contribution >= 4 is 51.7 Å². The number of imide groups is 1. The number of hydrogen-bond acceptors (Lipinski definition) is 4. The monoisotopic (exact) mass is 408 g/mol. The second kappa shape index (κ2) is 7.26. The van der Waals surface area contributed by atoms with Crippen molar-refractivity contribution in [2.24, 2.45) is 0 Å². The molecule has 0 atom stereocenters. The first kappa shape index (κ1) is 18.5. The summed E-state index contributed by atoms with van der Waals surface area (Å²) in [5.41, 5.74) is 3.60. The number of para-hydroxylation sites is 1. The Morgan fingerprint density at radius 2 is 1.71 bits per heavy atom. The van der Waals surface area contributed by atoms with Crippen LogP contribution in [0.15, 0.2) is 65.7 Å². The molecule has 0 spiro atoms. The fourth-order valence-electron chi connectivity index (χ4n) is 3.21. The van der Waals surface area contributed by atoms with E-state index in [9.17, 15) is 9.59 Å². The Morgan fingerprint density at radius 3 is 2.43 bits per heavy atom. The van der Waals surface area contributed by atoms with Crippen LogP contribution in [-0.4, -0.2) is 11.8 Å². The van der Waals surface area contributed by atoms with E-state index in [0.29, 0.717) is 22.0 Å². The van der Waals surface area contributed by atoms with Crippen molar-refractivity contribution in [2.75, 3.05) is 10.2 Å². The summed E-state index contributed by atoms with van der Waals surface area (Å²) < 4.78 is 0. The summed E-state index contributed by atoms with van der Waals surface area (Å²) in [6, 6.07) is 16.5. The summed E-state index contributed by atoms with van der Waals surface area (Å²) in [6.45, 7) is 3.75. The van der Waals surface area contributed by atoms with Gasteiger partial charge in [0.15, 0.2) is 0 Å². The molecule has 28 heavy (non-hydrogen) atoms. The van der Waals surface area contributed by atoms with E-state index in [-0.39, 0.29) is 17.5 Å². The zero-order valence-corrected chi connectivity index (χ0v) is 16.9. The molecule has 0 fully saturated rings. The Morgan fingerprint density at radius 1 is 0.929 bits per heavy atom. The minimum Gasteiger partial charge on any atom is -0.350 e. The molecule has 1 aromatic heterocycles. The minimum absolute atomic E-state index is 0.265. The van der Waals surface area contributed by atoms with Gasteiger partial charge in [0, 0.05) is 15.6 Å². The van der Waals surface area contributed by atoms with Crippen LogP contribution < -0.4 is 10.2 Å². The first-order chi connectivity index (χ1) is 13.5. The summed E-state index contributed by atoms with van der Waals surface area (Å²) in [5.74, 6) is -0.703. The number of anilines is 2. The number of carbonyl (C=O) groups excluding carboxylic acids is 2. The fourth-order valence-corrected chi connectivity index (χ4v) is 4.15. The number of carbonyl (C=O) groups is 2. The van der Waals surface area contributed by atoms with Crippen molar-refractivity contribution in [2.45, 2.75) is 13.8 Å².